The Hall–Kier alpha value is -2.27. The highest BCUT2D eigenvalue weighted by Crippen LogP contribution is 2.19. The Morgan fingerprint density at radius 1 is 1.14 bits per heavy atom. The lowest BCUT2D eigenvalue weighted by molar-refractivity contribution is 0.400. The number of nitrogens with two attached hydrogens (primary N) is 1. The third kappa shape index (κ3) is 4.11. The molecule has 0 radical (unpaired) electrons. The summed E-state index contributed by atoms with van der Waals surface area (Å²) in [6.45, 7) is 2.43. The molecule has 0 aliphatic rings. The van der Waals surface area contributed by atoms with Gasteiger partial charge in [0.05, 0.1) is 5.69 Å². The molecule has 22 heavy (non-hydrogen) atoms. The largest absolute Gasteiger partial charge is 0.384 e. The van der Waals surface area contributed by atoms with E-state index in [9.17, 15) is 8.78 Å². The second-order valence-corrected chi connectivity index (χ2v) is 5.55. The Morgan fingerprint density at radius 3 is 2.50 bits per heavy atom. The number of hydrogen-bond donors (Lipinski definition) is 1. The van der Waals surface area contributed by atoms with Crippen LogP contribution in [0.3, 0.4) is 0 Å². The Kier molecular flexibility index (Phi) is 4.88. The fraction of sp³-hybridized carbons (Fsp3) is 0.235. The maximum absolute atomic E-state index is 13.9. The lowest BCUT2D eigenvalue weighted by Gasteiger charge is -2.11. The van der Waals surface area contributed by atoms with E-state index in [1.54, 1.807) is 18.2 Å². The zero-order chi connectivity index (χ0) is 16.3. The Morgan fingerprint density at radius 2 is 1.86 bits per heavy atom. The lowest BCUT2D eigenvalue weighted by Crippen LogP contribution is -2.11. The molecule has 2 N–H and O–H groups in total. The first kappa shape index (κ1) is 16.1. The Labute approximate surface area is 129 Å². The predicted molar refractivity (Wildman–Crippen MR) is 86.1 cm³/mol. The van der Waals surface area contributed by atoms with Gasteiger partial charge in [0.15, 0.2) is 11.6 Å². The number of aryl methyl sites for hydroxylation is 1. The van der Waals surface area contributed by atoms with E-state index < -0.39 is 11.6 Å². The number of aromatic nitrogens is 1. The van der Waals surface area contributed by atoms with Crippen LogP contribution in [0.25, 0.3) is 12.2 Å². The summed E-state index contributed by atoms with van der Waals surface area (Å²) in [5, 5.41) is 0. The fourth-order valence-corrected chi connectivity index (χ4v) is 2.23. The molecule has 2 rings (SSSR count). The Bertz CT molecular complexity index is 689. The summed E-state index contributed by atoms with van der Waals surface area (Å²) in [5.74, 6) is -1.32. The van der Waals surface area contributed by atoms with Crippen molar-refractivity contribution in [2.45, 2.75) is 13.5 Å². The van der Waals surface area contributed by atoms with Crippen molar-refractivity contribution in [2.75, 3.05) is 19.8 Å². The van der Waals surface area contributed by atoms with Gasteiger partial charge in [-0.3, -0.25) is 0 Å². The van der Waals surface area contributed by atoms with Gasteiger partial charge in [-0.05, 0) is 68.6 Å². The number of nitrogens with zero attached hydrogens (tertiary/aromatic N) is 2. The minimum atomic E-state index is -0.862. The first-order chi connectivity index (χ1) is 10.3. The quantitative estimate of drug-likeness (QED) is 0.940. The van der Waals surface area contributed by atoms with E-state index >= 15 is 0 Å². The average molecular weight is 303 g/mol. The fourth-order valence-electron chi connectivity index (χ4n) is 2.23. The summed E-state index contributed by atoms with van der Waals surface area (Å²) in [4.78, 5) is 6.03. The number of hydrogen-bond acceptors (Lipinski definition) is 3. The molecule has 116 valence electrons. The number of pyridine rings is 1. The van der Waals surface area contributed by atoms with Crippen molar-refractivity contribution in [1.82, 2.24) is 9.88 Å². The number of halogens is 2. The first-order valence-corrected chi connectivity index (χ1v) is 6.90. The van der Waals surface area contributed by atoms with Crippen molar-refractivity contribution in [2.24, 2.45) is 0 Å². The van der Waals surface area contributed by atoms with Gasteiger partial charge in [-0.2, -0.15) is 0 Å². The third-order valence-corrected chi connectivity index (χ3v) is 3.06. The van der Waals surface area contributed by atoms with Gasteiger partial charge in [-0.15, -0.1) is 0 Å². The van der Waals surface area contributed by atoms with E-state index in [1.165, 1.54) is 12.1 Å². The number of benzene rings is 1. The molecule has 0 fully saturated rings. The van der Waals surface area contributed by atoms with Crippen molar-refractivity contribution in [1.29, 1.82) is 0 Å². The van der Waals surface area contributed by atoms with Crippen LogP contribution in [0.15, 0.2) is 24.3 Å². The molecule has 5 heteroatoms. The van der Waals surface area contributed by atoms with Crippen LogP contribution in [-0.4, -0.2) is 24.0 Å². The van der Waals surface area contributed by atoms with Gasteiger partial charge in [0.1, 0.15) is 5.82 Å². The van der Waals surface area contributed by atoms with Crippen LogP contribution in [0.4, 0.5) is 14.6 Å². The molecule has 0 unspecified atom stereocenters. The zero-order valence-corrected chi connectivity index (χ0v) is 12.9. The first-order valence-electron chi connectivity index (χ1n) is 6.90. The maximum atomic E-state index is 13.9. The molecule has 0 amide bonds. The van der Waals surface area contributed by atoms with Crippen molar-refractivity contribution in [3.05, 3.63) is 58.3 Å². The summed E-state index contributed by atoms with van der Waals surface area (Å²) in [5.41, 5.74) is 8.14. The van der Waals surface area contributed by atoms with Crippen LogP contribution in [-0.2, 0) is 6.54 Å². The molecule has 0 saturated carbocycles. The van der Waals surface area contributed by atoms with Crippen molar-refractivity contribution in [3.63, 3.8) is 0 Å². The van der Waals surface area contributed by atoms with Gasteiger partial charge in [0.25, 0.3) is 0 Å². The SMILES string of the molecule is Cc1cc(N)nc(/C=C/c2cc(CN(C)C)cc(F)c2F)c1. The number of anilines is 1. The summed E-state index contributed by atoms with van der Waals surface area (Å²) < 4.78 is 27.6. The molecule has 0 saturated heterocycles. The van der Waals surface area contributed by atoms with E-state index in [2.05, 4.69) is 4.98 Å². The standard InChI is InChI=1S/C17H19F2N3/c1-11-6-14(21-16(20)7-11)5-4-13-8-12(10-22(2)3)9-15(18)17(13)19/h4-9H,10H2,1-3H3,(H2,20,21)/b5-4+. The molecular weight excluding hydrogens is 284 g/mol. The van der Waals surface area contributed by atoms with Crippen molar-refractivity contribution < 1.29 is 8.78 Å². The molecule has 0 spiro atoms. The maximum Gasteiger partial charge on any atom is 0.166 e. The Balaban J connectivity index is 2.35. The van der Waals surface area contributed by atoms with E-state index in [0.717, 1.165) is 5.56 Å². The van der Waals surface area contributed by atoms with Crippen LogP contribution in [0.1, 0.15) is 22.4 Å². The molecule has 3 nitrogen and oxygen atoms in total. The van der Waals surface area contributed by atoms with Gasteiger partial charge in [-0.1, -0.05) is 0 Å². The minimum Gasteiger partial charge on any atom is -0.384 e. The van der Waals surface area contributed by atoms with Gasteiger partial charge in [-0.25, -0.2) is 13.8 Å². The highest BCUT2D eigenvalue weighted by Gasteiger charge is 2.09. The van der Waals surface area contributed by atoms with E-state index in [-0.39, 0.29) is 5.56 Å². The topological polar surface area (TPSA) is 42.1 Å². The van der Waals surface area contributed by atoms with Crippen LogP contribution in [0, 0.1) is 18.6 Å². The van der Waals surface area contributed by atoms with Crippen LogP contribution in [0.2, 0.25) is 0 Å². The summed E-state index contributed by atoms with van der Waals surface area (Å²) in [7, 11) is 3.74. The van der Waals surface area contributed by atoms with Crippen molar-refractivity contribution in [3.8, 4) is 0 Å². The van der Waals surface area contributed by atoms with E-state index in [0.29, 0.717) is 23.6 Å². The van der Waals surface area contributed by atoms with Crippen molar-refractivity contribution >= 4 is 18.0 Å². The van der Waals surface area contributed by atoms with Crippen LogP contribution >= 0.6 is 0 Å². The highest BCUT2D eigenvalue weighted by atomic mass is 19.2. The average Bonchev–Trinajstić information content (AvgIpc) is 2.39. The molecule has 1 aromatic heterocycles. The van der Waals surface area contributed by atoms with Gasteiger partial charge < -0.3 is 10.6 Å². The van der Waals surface area contributed by atoms with E-state index in [4.69, 9.17) is 5.73 Å². The summed E-state index contributed by atoms with van der Waals surface area (Å²) >= 11 is 0. The number of nitrogen functional groups attached to an aromatic ring is 1. The third-order valence-electron chi connectivity index (χ3n) is 3.06. The normalized spacial score (nSPS) is 11.5. The second-order valence-electron chi connectivity index (χ2n) is 5.55. The monoisotopic (exact) mass is 303 g/mol. The second kappa shape index (κ2) is 6.66. The molecule has 0 bridgehead atoms. The number of rotatable bonds is 4. The molecular formula is C17H19F2N3. The molecule has 0 atom stereocenters. The lowest BCUT2D eigenvalue weighted by atomic mass is 10.1. The van der Waals surface area contributed by atoms with Gasteiger partial charge >= 0.3 is 0 Å². The van der Waals surface area contributed by atoms with Gasteiger partial charge in [0, 0.05) is 12.1 Å². The van der Waals surface area contributed by atoms with Crippen LogP contribution in [0.5, 0.6) is 0 Å². The minimum absolute atomic E-state index is 0.193. The molecule has 1 aromatic carbocycles. The highest BCUT2D eigenvalue weighted by molar-refractivity contribution is 5.69. The smallest absolute Gasteiger partial charge is 0.166 e. The van der Waals surface area contributed by atoms with Crippen LogP contribution < -0.4 is 5.73 Å². The molecule has 2 aromatic rings. The zero-order valence-electron chi connectivity index (χ0n) is 12.9. The molecule has 0 aliphatic heterocycles. The van der Waals surface area contributed by atoms with E-state index in [1.807, 2.05) is 32.0 Å². The summed E-state index contributed by atoms with van der Waals surface area (Å²) in [6, 6.07) is 6.42. The molecule has 0 aliphatic carbocycles. The summed E-state index contributed by atoms with van der Waals surface area (Å²) in [6.07, 6.45) is 3.14. The van der Waals surface area contributed by atoms with Gasteiger partial charge in [0.2, 0.25) is 0 Å². The molecule has 1 heterocycles. The predicted octanol–water partition coefficient (Wildman–Crippen LogP) is 3.48.